The number of rotatable bonds is 5. The summed E-state index contributed by atoms with van der Waals surface area (Å²) in [6, 6.07) is 8.82. The molecule has 0 fully saturated rings. The molecule has 1 amide bonds. The third kappa shape index (κ3) is 4.24. The summed E-state index contributed by atoms with van der Waals surface area (Å²) in [5, 5.41) is 2.68. The summed E-state index contributed by atoms with van der Waals surface area (Å²) < 4.78 is 4.60. The second kappa shape index (κ2) is 6.65. The zero-order chi connectivity index (χ0) is 12.7. The Hall–Kier alpha value is -1.88. The number of hydrogen-bond donors (Lipinski definition) is 2. The molecular weight excluding hydrogens is 220 g/mol. The van der Waals surface area contributed by atoms with Gasteiger partial charge in [-0.25, -0.2) is 0 Å². The highest BCUT2D eigenvalue weighted by Gasteiger charge is 2.17. The molecule has 0 saturated carbocycles. The van der Waals surface area contributed by atoms with E-state index in [-0.39, 0.29) is 24.8 Å². The van der Waals surface area contributed by atoms with Crippen molar-refractivity contribution in [1.29, 1.82) is 0 Å². The molecule has 1 aromatic carbocycles. The van der Waals surface area contributed by atoms with Crippen LogP contribution in [0, 0.1) is 0 Å². The van der Waals surface area contributed by atoms with Crippen LogP contribution in [0.2, 0.25) is 0 Å². The van der Waals surface area contributed by atoms with Crippen LogP contribution in [0.3, 0.4) is 0 Å². The van der Waals surface area contributed by atoms with E-state index in [4.69, 9.17) is 5.73 Å². The molecule has 1 rings (SSSR count). The van der Waals surface area contributed by atoms with Crippen molar-refractivity contribution in [3.05, 3.63) is 35.9 Å². The summed E-state index contributed by atoms with van der Waals surface area (Å²) in [5.74, 6) is -0.682. The molecule has 0 bridgehead atoms. The van der Waals surface area contributed by atoms with Gasteiger partial charge in [-0.3, -0.25) is 9.59 Å². The molecule has 0 aliphatic heterocycles. The highest BCUT2D eigenvalue weighted by atomic mass is 16.5. The standard InChI is InChI=1S/C12H16N2O3/c1-17-12(16)7-10(14-11(15)8-13)9-5-3-2-4-6-9/h2-6,10H,7-8,13H2,1H3,(H,14,15). The Morgan fingerprint density at radius 1 is 1.35 bits per heavy atom. The summed E-state index contributed by atoms with van der Waals surface area (Å²) in [6.45, 7) is -0.107. The van der Waals surface area contributed by atoms with Crippen molar-refractivity contribution in [3.63, 3.8) is 0 Å². The molecule has 3 N–H and O–H groups in total. The normalized spacial score (nSPS) is 11.6. The number of ether oxygens (including phenoxy) is 1. The molecule has 1 atom stereocenters. The first-order valence-corrected chi connectivity index (χ1v) is 5.28. The van der Waals surface area contributed by atoms with E-state index in [0.29, 0.717) is 0 Å². The average molecular weight is 236 g/mol. The van der Waals surface area contributed by atoms with Crippen molar-refractivity contribution in [2.24, 2.45) is 5.73 Å². The quantitative estimate of drug-likeness (QED) is 0.723. The first kappa shape index (κ1) is 13.2. The van der Waals surface area contributed by atoms with Crippen molar-refractivity contribution in [2.75, 3.05) is 13.7 Å². The zero-order valence-electron chi connectivity index (χ0n) is 9.68. The second-order valence-electron chi connectivity index (χ2n) is 3.52. The summed E-state index contributed by atoms with van der Waals surface area (Å²) >= 11 is 0. The zero-order valence-corrected chi connectivity index (χ0v) is 9.68. The lowest BCUT2D eigenvalue weighted by molar-refractivity contribution is -0.141. The van der Waals surface area contributed by atoms with Crippen LogP contribution in [0.5, 0.6) is 0 Å². The molecular formula is C12H16N2O3. The molecule has 0 aliphatic rings. The van der Waals surface area contributed by atoms with Gasteiger partial charge < -0.3 is 15.8 Å². The largest absolute Gasteiger partial charge is 0.469 e. The van der Waals surface area contributed by atoms with Crippen molar-refractivity contribution < 1.29 is 14.3 Å². The Morgan fingerprint density at radius 2 is 2.00 bits per heavy atom. The Morgan fingerprint density at radius 3 is 2.53 bits per heavy atom. The number of benzene rings is 1. The maximum atomic E-state index is 11.3. The highest BCUT2D eigenvalue weighted by Crippen LogP contribution is 2.16. The molecule has 17 heavy (non-hydrogen) atoms. The molecule has 5 heteroatoms. The fourth-order valence-corrected chi connectivity index (χ4v) is 1.44. The van der Waals surface area contributed by atoms with Crippen LogP contribution in [0.15, 0.2) is 30.3 Å². The molecule has 1 unspecified atom stereocenters. The Labute approximate surface area is 99.9 Å². The second-order valence-corrected chi connectivity index (χ2v) is 3.52. The van der Waals surface area contributed by atoms with Crippen molar-refractivity contribution >= 4 is 11.9 Å². The van der Waals surface area contributed by atoms with E-state index in [1.54, 1.807) is 0 Å². The third-order valence-corrected chi connectivity index (χ3v) is 2.32. The van der Waals surface area contributed by atoms with Crippen LogP contribution >= 0.6 is 0 Å². The topological polar surface area (TPSA) is 81.4 Å². The van der Waals surface area contributed by atoms with Crippen LogP contribution in [0.4, 0.5) is 0 Å². The lowest BCUT2D eigenvalue weighted by Gasteiger charge is -2.17. The Balaban J connectivity index is 2.79. The Bertz CT molecular complexity index is 361. The summed E-state index contributed by atoms with van der Waals surface area (Å²) in [6.07, 6.45) is 0.0895. The van der Waals surface area contributed by atoms with E-state index in [9.17, 15) is 9.59 Å². The van der Waals surface area contributed by atoms with Crippen molar-refractivity contribution in [1.82, 2.24) is 5.32 Å². The van der Waals surface area contributed by atoms with Gasteiger partial charge in [-0.2, -0.15) is 0 Å². The summed E-state index contributed by atoms with van der Waals surface area (Å²) in [4.78, 5) is 22.5. The highest BCUT2D eigenvalue weighted by molar-refractivity contribution is 5.79. The van der Waals surface area contributed by atoms with E-state index < -0.39 is 6.04 Å². The van der Waals surface area contributed by atoms with Gasteiger partial charge in [0.1, 0.15) is 0 Å². The number of carbonyl (C=O) groups is 2. The Kier molecular flexibility index (Phi) is 5.16. The lowest BCUT2D eigenvalue weighted by atomic mass is 10.0. The summed E-state index contributed by atoms with van der Waals surface area (Å²) in [7, 11) is 1.31. The number of esters is 1. The van der Waals surface area contributed by atoms with Gasteiger partial charge in [-0.15, -0.1) is 0 Å². The van der Waals surface area contributed by atoms with Crippen LogP contribution in [0.25, 0.3) is 0 Å². The number of nitrogens with one attached hydrogen (secondary N) is 1. The van der Waals surface area contributed by atoms with Crippen LogP contribution < -0.4 is 11.1 Å². The van der Waals surface area contributed by atoms with Gasteiger partial charge in [0, 0.05) is 0 Å². The molecule has 92 valence electrons. The molecule has 0 aromatic heterocycles. The number of methoxy groups -OCH3 is 1. The van der Waals surface area contributed by atoms with Crippen LogP contribution in [-0.4, -0.2) is 25.5 Å². The molecule has 1 aromatic rings. The van der Waals surface area contributed by atoms with Crippen LogP contribution in [0.1, 0.15) is 18.0 Å². The van der Waals surface area contributed by atoms with E-state index in [2.05, 4.69) is 10.1 Å². The maximum Gasteiger partial charge on any atom is 0.307 e. The van der Waals surface area contributed by atoms with Gasteiger partial charge in [-0.1, -0.05) is 30.3 Å². The van der Waals surface area contributed by atoms with Crippen molar-refractivity contribution in [3.8, 4) is 0 Å². The number of hydrogen-bond acceptors (Lipinski definition) is 4. The van der Waals surface area contributed by atoms with Gasteiger partial charge in [-0.05, 0) is 5.56 Å². The van der Waals surface area contributed by atoms with Gasteiger partial charge in [0.15, 0.2) is 0 Å². The number of carbonyl (C=O) groups excluding carboxylic acids is 2. The van der Waals surface area contributed by atoms with Gasteiger partial charge in [0.05, 0.1) is 26.1 Å². The lowest BCUT2D eigenvalue weighted by Crippen LogP contribution is -2.34. The third-order valence-electron chi connectivity index (χ3n) is 2.32. The predicted octanol–water partition coefficient (Wildman–Crippen LogP) is 0.366. The molecule has 5 nitrogen and oxygen atoms in total. The van der Waals surface area contributed by atoms with Crippen molar-refractivity contribution in [2.45, 2.75) is 12.5 Å². The SMILES string of the molecule is COC(=O)CC(NC(=O)CN)c1ccccc1. The minimum atomic E-state index is -0.403. The molecule has 0 aliphatic carbocycles. The fourth-order valence-electron chi connectivity index (χ4n) is 1.44. The number of nitrogens with two attached hydrogens (primary N) is 1. The van der Waals surface area contributed by atoms with Gasteiger partial charge in [0.2, 0.25) is 5.91 Å². The van der Waals surface area contributed by atoms with Gasteiger partial charge in [0.25, 0.3) is 0 Å². The van der Waals surface area contributed by atoms with E-state index in [1.165, 1.54) is 7.11 Å². The van der Waals surface area contributed by atoms with E-state index in [0.717, 1.165) is 5.56 Å². The van der Waals surface area contributed by atoms with Gasteiger partial charge >= 0.3 is 5.97 Å². The minimum Gasteiger partial charge on any atom is -0.469 e. The predicted molar refractivity (Wildman–Crippen MR) is 63.0 cm³/mol. The average Bonchev–Trinajstić information content (AvgIpc) is 2.38. The maximum absolute atomic E-state index is 11.3. The molecule has 0 spiro atoms. The van der Waals surface area contributed by atoms with E-state index in [1.807, 2.05) is 30.3 Å². The molecule has 0 heterocycles. The molecule has 0 radical (unpaired) electrons. The first-order valence-electron chi connectivity index (χ1n) is 5.28. The fraction of sp³-hybridized carbons (Fsp3) is 0.333. The first-order chi connectivity index (χ1) is 8.17. The monoisotopic (exact) mass is 236 g/mol. The smallest absolute Gasteiger partial charge is 0.307 e. The summed E-state index contributed by atoms with van der Waals surface area (Å²) in [5.41, 5.74) is 6.08. The van der Waals surface area contributed by atoms with E-state index >= 15 is 0 Å². The number of amides is 1. The molecule has 0 saturated heterocycles. The minimum absolute atomic E-state index is 0.0895. The van der Waals surface area contributed by atoms with Crippen LogP contribution in [-0.2, 0) is 14.3 Å².